The first kappa shape index (κ1) is 21.4. The van der Waals surface area contributed by atoms with Crippen molar-refractivity contribution in [3.63, 3.8) is 0 Å². The number of nitrogens with zero attached hydrogens (tertiary/aromatic N) is 5. The lowest BCUT2D eigenvalue weighted by molar-refractivity contribution is 0.0672. The zero-order valence-electron chi connectivity index (χ0n) is 18.7. The molecule has 0 spiro atoms. The number of carbonyl (C=O) groups is 1. The van der Waals surface area contributed by atoms with Crippen molar-refractivity contribution < 1.29 is 14.3 Å². The molecule has 0 radical (unpaired) electrons. The number of hydrogen-bond donors (Lipinski definition) is 1. The van der Waals surface area contributed by atoms with E-state index in [2.05, 4.69) is 20.1 Å². The third kappa shape index (κ3) is 4.54. The van der Waals surface area contributed by atoms with E-state index in [1.54, 1.807) is 6.07 Å². The lowest BCUT2D eigenvalue weighted by Crippen LogP contribution is -2.44. The summed E-state index contributed by atoms with van der Waals surface area (Å²) in [6.07, 6.45) is 4.10. The van der Waals surface area contributed by atoms with E-state index in [-0.39, 0.29) is 12.0 Å². The topological polar surface area (TPSA) is 91.6 Å². The van der Waals surface area contributed by atoms with Crippen molar-refractivity contribution in [2.75, 3.05) is 44.3 Å². The molecule has 0 bridgehead atoms. The fraction of sp³-hybridized carbons (Fsp3) is 0.417. The normalized spacial score (nSPS) is 22.3. The Bertz CT molecular complexity index is 1050. The van der Waals surface area contributed by atoms with Crippen LogP contribution in [0.2, 0.25) is 0 Å². The Morgan fingerprint density at radius 1 is 1.18 bits per heavy atom. The average Bonchev–Trinajstić information content (AvgIpc) is 3.29. The molecule has 2 fully saturated rings. The minimum Gasteiger partial charge on any atom is -0.410 e. The molecule has 2 saturated heterocycles. The van der Waals surface area contributed by atoms with Gasteiger partial charge in [0.2, 0.25) is 5.96 Å². The van der Waals surface area contributed by atoms with Crippen LogP contribution in [-0.2, 0) is 4.74 Å². The molecule has 4 heterocycles. The molecular formula is C24H28N6O3. The number of hydrogen-bond acceptors (Lipinski definition) is 8. The van der Waals surface area contributed by atoms with Crippen LogP contribution < -0.4 is 15.0 Å². The predicted molar refractivity (Wildman–Crippen MR) is 126 cm³/mol. The van der Waals surface area contributed by atoms with E-state index in [1.165, 1.54) is 0 Å². The van der Waals surface area contributed by atoms with Gasteiger partial charge in [0.05, 0.1) is 19.3 Å². The summed E-state index contributed by atoms with van der Waals surface area (Å²) in [6, 6.07) is 11.6. The number of rotatable bonds is 4. The van der Waals surface area contributed by atoms with Gasteiger partial charge in [-0.3, -0.25) is 4.98 Å². The third-order valence-electron chi connectivity index (χ3n) is 6.12. The number of nitrogens with one attached hydrogen (secondary N) is 1. The van der Waals surface area contributed by atoms with Crippen LogP contribution in [0.3, 0.4) is 0 Å². The van der Waals surface area contributed by atoms with Crippen LogP contribution in [0.15, 0.2) is 58.8 Å². The molecule has 3 aliphatic rings. The Kier molecular flexibility index (Phi) is 6.21. The summed E-state index contributed by atoms with van der Waals surface area (Å²) >= 11 is 0. The van der Waals surface area contributed by atoms with Gasteiger partial charge >= 0.3 is 6.09 Å². The second-order valence-electron chi connectivity index (χ2n) is 8.19. The smallest absolute Gasteiger partial charge is 0.410 e. The van der Waals surface area contributed by atoms with Crippen LogP contribution in [0.25, 0.3) is 0 Å². The molecule has 2 unspecified atom stereocenters. The first-order valence-corrected chi connectivity index (χ1v) is 11.4. The van der Waals surface area contributed by atoms with Gasteiger partial charge in [0.15, 0.2) is 0 Å². The van der Waals surface area contributed by atoms with Crippen molar-refractivity contribution in [1.29, 1.82) is 0 Å². The number of ether oxygens (including phenoxy) is 2. The molecule has 9 heteroatoms. The van der Waals surface area contributed by atoms with Gasteiger partial charge in [-0.05, 0) is 43.2 Å². The number of carbonyl (C=O) groups excluding carboxylic acids is 1. The number of benzene rings is 1. The minimum absolute atomic E-state index is 0.111. The summed E-state index contributed by atoms with van der Waals surface area (Å²) in [5, 5.41) is 2.67. The molecule has 9 nitrogen and oxygen atoms in total. The highest BCUT2D eigenvalue weighted by Crippen LogP contribution is 2.40. The maximum absolute atomic E-state index is 11.9. The highest BCUT2D eigenvalue weighted by molar-refractivity contribution is 6.09. The van der Waals surface area contributed by atoms with Gasteiger partial charge in [-0.25, -0.2) is 9.79 Å². The molecule has 33 heavy (non-hydrogen) atoms. The fourth-order valence-electron chi connectivity index (χ4n) is 4.56. The van der Waals surface area contributed by atoms with Crippen LogP contribution >= 0.6 is 0 Å². The average molecular weight is 449 g/mol. The van der Waals surface area contributed by atoms with Gasteiger partial charge in [0.25, 0.3) is 0 Å². The molecule has 0 saturated carbocycles. The summed E-state index contributed by atoms with van der Waals surface area (Å²) in [7, 11) is 0. The number of pyridine rings is 1. The molecular weight excluding hydrogens is 420 g/mol. The highest BCUT2D eigenvalue weighted by atomic mass is 16.6. The molecule has 2 atom stereocenters. The summed E-state index contributed by atoms with van der Waals surface area (Å²) in [5.74, 6) is 2.42. The summed E-state index contributed by atoms with van der Waals surface area (Å²) in [5.41, 5.74) is 2.10. The fourth-order valence-corrected chi connectivity index (χ4v) is 4.56. The van der Waals surface area contributed by atoms with E-state index >= 15 is 0 Å². The number of guanidine groups is 1. The number of fused-ring (bicyclic) bond motifs is 1. The van der Waals surface area contributed by atoms with Gasteiger partial charge in [0, 0.05) is 50.2 Å². The quantitative estimate of drug-likeness (QED) is 0.773. The summed E-state index contributed by atoms with van der Waals surface area (Å²) in [6.45, 7) is 6.11. The Labute approximate surface area is 193 Å². The lowest BCUT2D eigenvalue weighted by atomic mass is 9.91. The number of morpholine rings is 1. The first-order chi connectivity index (χ1) is 16.2. The van der Waals surface area contributed by atoms with E-state index in [1.807, 2.05) is 49.6 Å². The molecule has 2 aromatic rings. The van der Waals surface area contributed by atoms with Gasteiger partial charge < -0.3 is 24.6 Å². The van der Waals surface area contributed by atoms with E-state index in [9.17, 15) is 4.79 Å². The summed E-state index contributed by atoms with van der Waals surface area (Å²) < 4.78 is 11.0. The predicted octanol–water partition coefficient (Wildman–Crippen LogP) is 2.86. The molecule has 3 aliphatic heterocycles. The van der Waals surface area contributed by atoms with Crippen molar-refractivity contribution in [3.05, 3.63) is 54.4 Å². The highest BCUT2D eigenvalue weighted by Gasteiger charge is 2.40. The van der Waals surface area contributed by atoms with E-state index in [4.69, 9.17) is 19.5 Å². The zero-order chi connectivity index (χ0) is 22.6. The van der Waals surface area contributed by atoms with Gasteiger partial charge in [-0.1, -0.05) is 12.1 Å². The van der Waals surface area contributed by atoms with Crippen LogP contribution in [0.1, 0.15) is 24.9 Å². The van der Waals surface area contributed by atoms with Crippen LogP contribution in [0.5, 0.6) is 5.75 Å². The Morgan fingerprint density at radius 2 is 2.00 bits per heavy atom. The third-order valence-corrected chi connectivity index (χ3v) is 6.12. The standard InChI is InChI=1S/C24H28N6O3/c1-2-26-24(31)33-19-5-3-4-17(16-19)21-20-8-11-30(18-6-9-25-10-7-18)22(20)28-23(27-21)29-12-14-32-15-13-29/h3-7,9-10,16,20-21H,2,8,11-15H2,1H3,(H,26,31). The van der Waals surface area contributed by atoms with Crippen molar-refractivity contribution in [2.45, 2.75) is 19.4 Å². The molecule has 1 N–H and O–H groups in total. The number of anilines is 1. The zero-order valence-corrected chi connectivity index (χ0v) is 18.7. The van der Waals surface area contributed by atoms with Crippen LogP contribution in [0, 0.1) is 5.92 Å². The second-order valence-corrected chi connectivity index (χ2v) is 8.19. The van der Waals surface area contributed by atoms with Crippen molar-refractivity contribution in [2.24, 2.45) is 15.9 Å². The number of amides is 1. The van der Waals surface area contributed by atoms with Gasteiger partial charge in [0.1, 0.15) is 11.6 Å². The number of aliphatic imine (C=N–C) groups is 2. The first-order valence-electron chi connectivity index (χ1n) is 11.4. The van der Waals surface area contributed by atoms with Gasteiger partial charge in [-0.15, -0.1) is 0 Å². The maximum atomic E-state index is 11.9. The van der Waals surface area contributed by atoms with Crippen molar-refractivity contribution in [3.8, 4) is 5.75 Å². The number of aromatic nitrogens is 1. The minimum atomic E-state index is -0.456. The molecule has 172 valence electrons. The van der Waals surface area contributed by atoms with Crippen LogP contribution in [0.4, 0.5) is 10.5 Å². The molecule has 1 aromatic heterocycles. The van der Waals surface area contributed by atoms with E-state index in [0.717, 1.165) is 49.1 Å². The van der Waals surface area contributed by atoms with E-state index in [0.29, 0.717) is 25.5 Å². The maximum Gasteiger partial charge on any atom is 0.412 e. The molecule has 1 amide bonds. The number of amidine groups is 1. The van der Waals surface area contributed by atoms with Crippen LogP contribution in [-0.4, -0.2) is 67.2 Å². The lowest BCUT2D eigenvalue weighted by Gasteiger charge is -2.34. The second kappa shape index (κ2) is 9.58. The molecule has 0 aliphatic carbocycles. The van der Waals surface area contributed by atoms with Crippen molar-refractivity contribution >= 4 is 23.6 Å². The SMILES string of the molecule is CCNC(=O)Oc1cccc(C2N=C(N3CCOCC3)N=C3C2CCN3c2ccncc2)c1. The Morgan fingerprint density at radius 3 is 2.79 bits per heavy atom. The van der Waals surface area contributed by atoms with E-state index < -0.39 is 6.09 Å². The largest absolute Gasteiger partial charge is 0.412 e. The van der Waals surface area contributed by atoms with Crippen molar-refractivity contribution in [1.82, 2.24) is 15.2 Å². The molecule has 5 rings (SSSR count). The summed E-state index contributed by atoms with van der Waals surface area (Å²) in [4.78, 5) is 30.7. The molecule has 1 aromatic carbocycles. The monoisotopic (exact) mass is 448 g/mol. The van der Waals surface area contributed by atoms with Gasteiger partial charge in [-0.2, -0.15) is 4.99 Å². The Hall–Kier alpha value is -3.46. The Balaban J connectivity index is 1.49.